The van der Waals surface area contributed by atoms with E-state index in [4.69, 9.17) is 9.29 Å². The summed E-state index contributed by atoms with van der Waals surface area (Å²) in [7, 11) is -2.72. The molecule has 0 fully saturated rings. The molecule has 1 aromatic heterocycles. The molecule has 0 aliphatic carbocycles. The van der Waals surface area contributed by atoms with Crippen molar-refractivity contribution in [3.05, 3.63) is 30.3 Å². The van der Waals surface area contributed by atoms with Gasteiger partial charge in [-0.05, 0) is 18.2 Å². The van der Waals surface area contributed by atoms with Crippen molar-refractivity contribution >= 4 is 21.0 Å². The molecule has 0 saturated heterocycles. The molecule has 6 heteroatoms. The molecule has 0 radical (unpaired) electrons. The van der Waals surface area contributed by atoms with E-state index in [1.54, 1.807) is 18.2 Å². The number of benzene rings is 1. The number of nitrogens with zero attached hydrogens (tertiary/aromatic N) is 1. The monoisotopic (exact) mass is 239 g/mol. The van der Waals surface area contributed by atoms with Gasteiger partial charge in [-0.25, -0.2) is 4.98 Å². The van der Waals surface area contributed by atoms with Crippen LogP contribution in [0.15, 0.2) is 35.2 Å². The van der Waals surface area contributed by atoms with Gasteiger partial charge in [-0.3, -0.25) is 4.55 Å². The number of pyridine rings is 1. The van der Waals surface area contributed by atoms with Crippen molar-refractivity contribution in [3.8, 4) is 5.88 Å². The number of aromatic nitrogens is 1. The van der Waals surface area contributed by atoms with E-state index in [0.29, 0.717) is 11.4 Å². The summed E-state index contributed by atoms with van der Waals surface area (Å²) in [5.41, 5.74) is 0.453. The fourth-order valence-corrected chi connectivity index (χ4v) is 1.85. The third-order valence-electron chi connectivity index (χ3n) is 2.15. The van der Waals surface area contributed by atoms with E-state index in [-0.39, 0.29) is 4.90 Å². The van der Waals surface area contributed by atoms with Crippen molar-refractivity contribution in [1.82, 2.24) is 4.98 Å². The van der Waals surface area contributed by atoms with Gasteiger partial charge >= 0.3 is 0 Å². The Balaban J connectivity index is 2.69. The maximum atomic E-state index is 10.9. The van der Waals surface area contributed by atoms with Crippen LogP contribution in [0.2, 0.25) is 0 Å². The van der Waals surface area contributed by atoms with Gasteiger partial charge in [0, 0.05) is 11.5 Å². The van der Waals surface area contributed by atoms with Crippen molar-refractivity contribution in [2.45, 2.75) is 4.90 Å². The molecule has 0 aliphatic rings. The lowest BCUT2D eigenvalue weighted by molar-refractivity contribution is 0.399. The van der Waals surface area contributed by atoms with Gasteiger partial charge in [-0.1, -0.05) is 6.07 Å². The van der Waals surface area contributed by atoms with E-state index in [0.717, 1.165) is 5.39 Å². The smallest absolute Gasteiger partial charge is 0.294 e. The molecule has 0 unspecified atom stereocenters. The number of hydrogen-bond donors (Lipinski definition) is 1. The number of rotatable bonds is 2. The highest BCUT2D eigenvalue weighted by Gasteiger charge is 2.10. The van der Waals surface area contributed by atoms with Crippen LogP contribution in [0.5, 0.6) is 5.88 Å². The molecule has 0 spiro atoms. The molecule has 0 amide bonds. The molecule has 2 aromatic rings. The lowest BCUT2D eigenvalue weighted by Gasteiger charge is -2.02. The maximum absolute atomic E-state index is 10.9. The highest BCUT2D eigenvalue weighted by Crippen LogP contribution is 2.20. The molecular weight excluding hydrogens is 230 g/mol. The van der Waals surface area contributed by atoms with Gasteiger partial charge in [0.05, 0.1) is 17.5 Å². The fourth-order valence-electron chi connectivity index (χ4n) is 1.35. The van der Waals surface area contributed by atoms with Gasteiger partial charge in [-0.2, -0.15) is 8.42 Å². The van der Waals surface area contributed by atoms with Gasteiger partial charge in [0.2, 0.25) is 5.88 Å². The molecule has 84 valence electrons. The fraction of sp³-hybridized carbons (Fsp3) is 0.100. The molecular formula is C10H9NO4S. The molecule has 0 aliphatic heterocycles. The van der Waals surface area contributed by atoms with Crippen molar-refractivity contribution < 1.29 is 17.7 Å². The van der Waals surface area contributed by atoms with Crippen LogP contribution >= 0.6 is 0 Å². The van der Waals surface area contributed by atoms with Crippen molar-refractivity contribution in [2.75, 3.05) is 7.11 Å². The normalized spacial score (nSPS) is 11.6. The second-order valence-electron chi connectivity index (χ2n) is 3.18. The molecule has 0 atom stereocenters. The van der Waals surface area contributed by atoms with Gasteiger partial charge in [0.1, 0.15) is 0 Å². The first-order chi connectivity index (χ1) is 7.50. The summed E-state index contributed by atoms with van der Waals surface area (Å²) in [4.78, 5) is 3.89. The summed E-state index contributed by atoms with van der Waals surface area (Å²) in [6.45, 7) is 0. The van der Waals surface area contributed by atoms with Crippen LogP contribution in [0.25, 0.3) is 10.9 Å². The molecule has 5 nitrogen and oxygen atoms in total. The summed E-state index contributed by atoms with van der Waals surface area (Å²) in [5, 5.41) is 0.771. The predicted molar refractivity (Wildman–Crippen MR) is 58.1 cm³/mol. The summed E-state index contributed by atoms with van der Waals surface area (Å²) in [6.07, 6.45) is 0. The van der Waals surface area contributed by atoms with Crippen LogP contribution < -0.4 is 4.74 Å². The minimum absolute atomic E-state index is 0.180. The summed E-state index contributed by atoms with van der Waals surface area (Å²) < 4.78 is 35.7. The topological polar surface area (TPSA) is 76.5 Å². The minimum atomic E-state index is -4.19. The zero-order chi connectivity index (χ0) is 11.8. The molecule has 2 rings (SSSR count). The zero-order valence-electron chi connectivity index (χ0n) is 8.41. The second-order valence-corrected chi connectivity index (χ2v) is 4.60. The Hall–Kier alpha value is -1.66. The Labute approximate surface area is 92.4 Å². The average molecular weight is 239 g/mol. The average Bonchev–Trinajstić information content (AvgIpc) is 2.26. The Bertz CT molecular complexity index is 636. The lowest BCUT2D eigenvalue weighted by Crippen LogP contribution is -1.98. The van der Waals surface area contributed by atoms with E-state index in [1.807, 2.05) is 0 Å². The van der Waals surface area contributed by atoms with Crippen LogP contribution in [-0.4, -0.2) is 25.1 Å². The SMILES string of the molecule is COc1ccc2ccc(S(=O)(=O)O)cc2n1. The zero-order valence-corrected chi connectivity index (χ0v) is 9.23. The van der Waals surface area contributed by atoms with Crippen LogP contribution in [0.4, 0.5) is 0 Å². The van der Waals surface area contributed by atoms with E-state index in [9.17, 15) is 8.42 Å². The highest BCUT2D eigenvalue weighted by atomic mass is 32.2. The maximum Gasteiger partial charge on any atom is 0.294 e. The first-order valence-electron chi connectivity index (χ1n) is 4.43. The second kappa shape index (κ2) is 3.73. The van der Waals surface area contributed by atoms with E-state index in [2.05, 4.69) is 4.98 Å². The third kappa shape index (κ3) is 1.98. The number of hydrogen-bond acceptors (Lipinski definition) is 4. The lowest BCUT2D eigenvalue weighted by atomic mass is 10.2. The summed E-state index contributed by atoms with van der Waals surface area (Å²) >= 11 is 0. The number of methoxy groups -OCH3 is 1. The van der Waals surface area contributed by atoms with E-state index >= 15 is 0 Å². The Morgan fingerprint density at radius 3 is 2.56 bits per heavy atom. The van der Waals surface area contributed by atoms with Gasteiger partial charge in [0.25, 0.3) is 10.1 Å². The highest BCUT2D eigenvalue weighted by molar-refractivity contribution is 7.85. The molecule has 16 heavy (non-hydrogen) atoms. The number of ether oxygens (including phenoxy) is 1. The number of fused-ring (bicyclic) bond motifs is 1. The largest absolute Gasteiger partial charge is 0.481 e. The first kappa shape index (κ1) is 10.8. The minimum Gasteiger partial charge on any atom is -0.481 e. The van der Waals surface area contributed by atoms with Crippen LogP contribution in [-0.2, 0) is 10.1 Å². The van der Waals surface area contributed by atoms with Crippen molar-refractivity contribution in [3.63, 3.8) is 0 Å². The Morgan fingerprint density at radius 2 is 1.94 bits per heavy atom. The molecule has 0 bridgehead atoms. The molecule has 0 saturated carbocycles. The van der Waals surface area contributed by atoms with Crippen LogP contribution in [0.3, 0.4) is 0 Å². The van der Waals surface area contributed by atoms with E-state index < -0.39 is 10.1 Å². The summed E-state index contributed by atoms with van der Waals surface area (Å²) in [6, 6.07) is 7.63. The van der Waals surface area contributed by atoms with Gasteiger partial charge in [-0.15, -0.1) is 0 Å². The Morgan fingerprint density at radius 1 is 1.25 bits per heavy atom. The molecule has 1 aromatic carbocycles. The van der Waals surface area contributed by atoms with E-state index in [1.165, 1.54) is 19.2 Å². The quantitative estimate of drug-likeness (QED) is 0.803. The van der Waals surface area contributed by atoms with Crippen molar-refractivity contribution in [2.24, 2.45) is 0 Å². The standard InChI is InChI=1S/C10H9NO4S/c1-15-10-5-3-7-2-4-8(16(12,13)14)6-9(7)11-10/h2-6H,1H3,(H,12,13,14). The van der Waals surface area contributed by atoms with Crippen LogP contribution in [0.1, 0.15) is 0 Å². The van der Waals surface area contributed by atoms with Crippen LogP contribution in [0, 0.1) is 0 Å². The molecule has 1 heterocycles. The first-order valence-corrected chi connectivity index (χ1v) is 5.87. The summed E-state index contributed by atoms with van der Waals surface area (Å²) in [5.74, 6) is 0.389. The third-order valence-corrected chi connectivity index (χ3v) is 2.99. The van der Waals surface area contributed by atoms with Gasteiger partial charge in [0.15, 0.2) is 0 Å². The van der Waals surface area contributed by atoms with Crippen molar-refractivity contribution in [1.29, 1.82) is 0 Å². The predicted octanol–water partition coefficient (Wildman–Crippen LogP) is 1.49. The molecule has 1 N–H and O–H groups in total. The Kier molecular flexibility index (Phi) is 2.53. The van der Waals surface area contributed by atoms with Gasteiger partial charge < -0.3 is 4.74 Å².